The van der Waals surface area contributed by atoms with Gasteiger partial charge in [0.1, 0.15) is 18.7 Å². The zero-order valence-corrected chi connectivity index (χ0v) is 6.97. The lowest BCUT2D eigenvalue weighted by atomic mass is 10.2. The summed E-state index contributed by atoms with van der Waals surface area (Å²) in [5.74, 6) is 0.900. The monoisotopic (exact) mass is 172 g/mol. The number of hydrogen-bond acceptors (Lipinski definition) is 3. The molecule has 2 aliphatic rings. The van der Waals surface area contributed by atoms with E-state index >= 15 is 0 Å². The van der Waals surface area contributed by atoms with E-state index in [9.17, 15) is 0 Å². The average molecular weight is 172 g/mol. The number of rotatable bonds is 0. The third kappa shape index (κ3) is 0.869. The van der Waals surface area contributed by atoms with E-state index in [0.717, 1.165) is 17.1 Å². The molecule has 0 aliphatic carbocycles. The predicted octanol–water partition coefficient (Wildman–Crippen LogP) is 1.77. The van der Waals surface area contributed by atoms with Crippen molar-refractivity contribution in [3.63, 3.8) is 0 Å². The first-order valence-corrected chi connectivity index (χ1v) is 4.18. The van der Waals surface area contributed by atoms with Gasteiger partial charge in [-0.2, -0.15) is 0 Å². The third-order valence-corrected chi connectivity index (χ3v) is 2.22. The van der Waals surface area contributed by atoms with Gasteiger partial charge in [-0.05, 0) is 12.1 Å². The van der Waals surface area contributed by atoms with Crippen molar-refractivity contribution < 1.29 is 4.74 Å². The van der Waals surface area contributed by atoms with Crippen molar-refractivity contribution in [1.29, 1.82) is 0 Å². The summed E-state index contributed by atoms with van der Waals surface area (Å²) in [7, 11) is 0. The number of ether oxygens (including phenoxy) is 1. The van der Waals surface area contributed by atoms with Gasteiger partial charge in [-0.3, -0.25) is 4.99 Å². The third-order valence-electron chi connectivity index (χ3n) is 2.22. The van der Waals surface area contributed by atoms with Gasteiger partial charge in [-0.15, -0.1) is 0 Å². The van der Waals surface area contributed by atoms with E-state index in [1.54, 1.807) is 6.26 Å². The van der Waals surface area contributed by atoms with Crippen LogP contribution in [0.25, 0.3) is 0 Å². The van der Waals surface area contributed by atoms with E-state index in [0.29, 0.717) is 6.67 Å². The second-order valence-corrected chi connectivity index (χ2v) is 3.01. The van der Waals surface area contributed by atoms with E-state index in [4.69, 9.17) is 4.74 Å². The topological polar surface area (TPSA) is 24.8 Å². The van der Waals surface area contributed by atoms with Gasteiger partial charge in [-0.1, -0.05) is 12.1 Å². The summed E-state index contributed by atoms with van der Waals surface area (Å²) in [6.45, 7) is 0.701. The number of aliphatic imine (C=N–C) groups is 1. The highest BCUT2D eigenvalue weighted by atomic mass is 16.5. The summed E-state index contributed by atoms with van der Waals surface area (Å²) in [5.41, 5.74) is 2.12. The van der Waals surface area contributed by atoms with Crippen molar-refractivity contribution in [3.8, 4) is 5.75 Å². The van der Waals surface area contributed by atoms with Gasteiger partial charge in [0.25, 0.3) is 0 Å². The van der Waals surface area contributed by atoms with Crippen molar-refractivity contribution in [1.82, 2.24) is 0 Å². The van der Waals surface area contributed by atoms with Crippen LogP contribution < -0.4 is 9.64 Å². The zero-order chi connectivity index (χ0) is 8.67. The molecule has 0 atom stereocenters. The Morgan fingerprint density at radius 1 is 1.31 bits per heavy atom. The summed E-state index contributed by atoms with van der Waals surface area (Å²) in [5, 5.41) is 0. The number of allylic oxidation sites excluding steroid dienone is 1. The number of nitrogens with zero attached hydrogens (tertiary/aromatic N) is 2. The molecular formula is C10H8N2O. The molecule has 2 heterocycles. The molecule has 0 radical (unpaired) electrons. The predicted molar refractivity (Wildman–Crippen MR) is 51.0 cm³/mol. The van der Waals surface area contributed by atoms with Gasteiger partial charge in [0.15, 0.2) is 0 Å². The van der Waals surface area contributed by atoms with Gasteiger partial charge in [-0.25, -0.2) is 0 Å². The number of fused-ring (bicyclic) bond motifs is 3. The number of benzene rings is 1. The number of anilines is 1. The maximum absolute atomic E-state index is 5.44. The fourth-order valence-electron chi connectivity index (χ4n) is 1.58. The van der Waals surface area contributed by atoms with Crippen molar-refractivity contribution in [2.24, 2.45) is 4.99 Å². The Balaban J connectivity index is 2.14. The lowest BCUT2D eigenvalue weighted by Crippen LogP contribution is -2.21. The maximum atomic E-state index is 5.44. The maximum Gasteiger partial charge on any atom is 0.150 e. The Hall–Kier alpha value is -1.77. The highest BCUT2D eigenvalue weighted by molar-refractivity contribution is 5.89. The molecule has 13 heavy (non-hydrogen) atoms. The van der Waals surface area contributed by atoms with Crippen molar-refractivity contribution in [2.75, 3.05) is 11.6 Å². The number of hydrogen-bond donors (Lipinski definition) is 0. The molecule has 0 amide bonds. The Bertz CT molecular complexity index is 409. The standard InChI is InChI=1S/C10H8N2O/c1-2-4-10-9(3-1)12-7-11-5-8(12)6-13-10/h1-6H,7H2. The second kappa shape index (κ2) is 2.36. The lowest BCUT2D eigenvalue weighted by Gasteiger charge is -2.24. The Labute approximate surface area is 76.0 Å². The van der Waals surface area contributed by atoms with Crippen LogP contribution in [0.3, 0.4) is 0 Å². The normalized spacial score (nSPS) is 17.5. The molecule has 0 unspecified atom stereocenters. The molecule has 0 fully saturated rings. The van der Waals surface area contributed by atoms with E-state index in [-0.39, 0.29) is 0 Å². The molecule has 1 aromatic rings. The molecular weight excluding hydrogens is 164 g/mol. The SMILES string of the molecule is C1=NCN2C1=COc1ccccc12. The van der Waals surface area contributed by atoms with Crippen LogP contribution in [0.15, 0.2) is 41.2 Å². The van der Waals surface area contributed by atoms with Crippen molar-refractivity contribution in [2.45, 2.75) is 0 Å². The van der Waals surface area contributed by atoms with Gasteiger partial charge in [0, 0.05) is 0 Å². The van der Waals surface area contributed by atoms with Gasteiger partial charge >= 0.3 is 0 Å². The first-order valence-electron chi connectivity index (χ1n) is 4.18. The van der Waals surface area contributed by atoms with Crippen LogP contribution in [0.4, 0.5) is 5.69 Å². The van der Waals surface area contributed by atoms with Crippen LogP contribution >= 0.6 is 0 Å². The fourth-order valence-corrected chi connectivity index (χ4v) is 1.58. The molecule has 0 bridgehead atoms. The molecule has 3 nitrogen and oxygen atoms in total. The molecule has 1 aromatic carbocycles. The van der Waals surface area contributed by atoms with E-state index < -0.39 is 0 Å². The molecule has 0 spiro atoms. The first-order chi connectivity index (χ1) is 6.45. The lowest BCUT2D eigenvalue weighted by molar-refractivity contribution is 0.467. The van der Waals surface area contributed by atoms with Crippen LogP contribution in [-0.2, 0) is 0 Å². The minimum Gasteiger partial charge on any atom is -0.461 e. The molecule has 3 rings (SSSR count). The first kappa shape index (κ1) is 6.71. The van der Waals surface area contributed by atoms with Gasteiger partial charge < -0.3 is 9.64 Å². The van der Waals surface area contributed by atoms with Gasteiger partial charge in [0.2, 0.25) is 0 Å². The Morgan fingerprint density at radius 3 is 3.23 bits per heavy atom. The summed E-state index contributed by atoms with van der Waals surface area (Å²) in [6, 6.07) is 7.97. The van der Waals surface area contributed by atoms with Crippen molar-refractivity contribution >= 4 is 11.9 Å². The average Bonchev–Trinajstić information content (AvgIpc) is 2.65. The molecule has 0 N–H and O–H groups in total. The van der Waals surface area contributed by atoms with Crippen molar-refractivity contribution in [3.05, 3.63) is 36.2 Å². The summed E-state index contributed by atoms with van der Waals surface area (Å²) >= 11 is 0. The fraction of sp³-hybridized carbons (Fsp3) is 0.100. The van der Waals surface area contributed by atoms with Gasteiger partial charge in [0.05, 0.1) is 17.6 Å². The quantitative estimate of drug-likeness (QED) is 0.595. The highest BCUT2D eigenvalue weighted by Crippen LogP contribution is 2.35. The molecule has 0 saturated heterocycles. The van der Waals surface area contributed by atoms with Crippen LogP contribution in [-0.4, -0.2) is 12.9 Å². The zero-order valence-electron chi connectivity index (χ0n) is 6.97. The minimum absolute atomic E-state index is 0.701. The van der Waals surface area contributed by atoms with E-state index in [2.05, 4.69) is 9.89 Å². The molecule has 64 valence electrons. The van der Waals surface area contributed by atoms with Crippen LogP contribution in [0.5, 0.6) is 5.75 Å². The molecule has 2 aliphatic heterocycles. The molecule has 3 heteroatoms. The number of para-hydroxylation sites is 2. The van der Waals surface area contributed by atoms with Crippen LogP contribution in [0.1, 0.15) is 0 Å². The van der Waals surface area contributed by atoms with Crippen LogP contribution in [0, 0.1) is 0 Å². The summed E-state index contributed by atoms with van der Waals surface area (Å²) in [6.07, 6.45) is 3.56. The van der Waals surface area contributed by atoms with E-state index in [1.807, 2.05) is 30.5 Å². The van der Waals surface area contributed by atoms with E-state index in [1.165, 1.54) is 0 Å². The molecule has 0 saturated carbocycles. The Morgan fingerprint density at radius 2 is 2.23 bits per heavy atom. The minimum atomic E-state index is 0.701. The van der Waals surface area contributed by atoms with Crippen LogP contribution in [0.2, 0.25) is 0 Å². The second-order valence-electron chi connectivity index (χ2n) is 3.01. The molecule has 0 aromatic heterocycles. The highest BCUT2D eigenvalue weighted by Gasteiger charge is 2.22. The Kier molecular flexibility index (Phi) is 1.22. The smallest absolute Gasteiger partial charge is 0.150 e. The summed E-state index contributed by atoms with van der Waals surface area (Å²) in [4.78, 5) is 6.30. The summed E-state index contributed by atoms with van der Waals surface area (Å²) < 4.78 is 5.44. The largest absolute Gasteiger partial charge is 0.461 e.